The fourth-order valence-corrected chi connectivity index (χ4v) is 2.02. The first-order valence-corrected chi connectivity index (χ1v) is 6.61. The third-order valence-corrected chi connectivity index (χ3v) is 3.15. The fraction of sp³-hybridized carbons (Fsp3) is 0.571. The highest BCUT2D eigenvalue weighted by atomic mass is 35.5. The number of benzene rings is 1. The van der Waals surface area contributed by atoms with Crippen molar-refractivity contribution in [1.82, 2.24) is 5.32 Å². The van der Waals surface area contributed by atoms with E-state index in [1.54, 1.807) is 0 Å². The zero-order valence-electron chi connectivity index (χ0n) is 10.8. The minimum absolute atomic E-state index is 0.0797. The summed E-state index contributed by atoms with van der Waals surface area (Å²) in [4.78, 5) is 0. The zero-order chi connectivity index (χ0) is 12.8. The second kappa shape index (κ2) is 7.00. The van der Waals surface area contributed by atoms with E-state index in [2.05, 4.69) is 26.1 Å². The highest BCUT2D eigenvalue weighted by molar-refractivity contribution is 6.30. The number of aliphatic hydroxyl groups is 1. The van der Waals surface area contributed by atoms with E-state index in [0.29, 0.717) is 10.9 Å². The molecule has 0 spiro atoms. The number of hydrogen-bond acceptors (Lipinski definition) is 2. The van der Waals surface area contributed by atoms with Crippen molar-refractivity contribution >= 4 is 11.6 Å². The lowest BCUT2D eigenvalue weighted by Crippen LogP contribution is -2.39. The third-order valence-electron chi connectivity index (χ3n) is 2.90. The minimum atomic E-state index is -0.487. The molecule has 96 valence electrons. The summed E-state index contributed by atoms with van der Waals surface area (Å²) in [6, 6.07) is 7.48. The summed E-state index contributed by atoms with van der Waals surface area (Å²) in [6.07, 6.45) is 0.579. The maximum absolute atomic E-state index is 10.4. The number of aliphatic hydroxyl groups excluding tert-OH is 1. The molecule has 0 saturated heterocycles. The molecule has 2 N–H and O–H groups in total. The molecule has 17 heavy (non-hydrogen) atoms. The minimum Gasteiger partial charge on any atom is -0.387 e. The van der Waals surface area contributed by atoms with Crippen molar-refractivity contribution in [1.29, 1.82) is 0 Å². The molecule has 0 fully saturated rings. The molecular formula is C14H22ClNO. The first-order valence-electron chi connectivity index (χ1n) is 6.23. The molecule has 3 heteroatoms. The Kier molecular flexibility index (Phi) is 5.96. The largest absolute Gasteiger partial charge is 0.387 e. The van der Waals surface area contributed by atoms with Crippen molar-refractivity contribution < 1.29 is 5.11 Å². The first kappa shape index (κ1) is 14.5. The lowest BCUT2D eigenvalue weighted by Gasteiger charge is -2.28. The Morgan fingerprint density at radius 3 is 2.29 bits per heavy atom. The Balaban J connectivity index is 2.76. The van der Waals surface area contributed by atoms with Crippen LogP contribution in [0, 0.1) is 5.92 Å². The van der Waals surface area contributed by atoms with Crippen molar-refractivity contribution in [3.63, 3.8) is 0 Å². The summed E-state index contributed by atoms with van der Waals surface area (Å²) in [5.41, 5.74) is 0.914. The van der Waals surface area contributed by atoms with Gasteiger partial charge in [-0.2, -0.15) is 0 Å². The molecule has 0 aliphatic heterocycles. The maximum Gasteiger partial charge on any atom is 0.0945 e. The van der Waals surface area contributed by atoms with Gasteiger partial charge in [0.05, 0.1) is 6.10 Å². The molecule has 0 saturated carbocycles. The Morgan fingerprint density at radius 2 is 1.82 bits per heavy atom. The van der Waals surface area contributed by atoms with E-state index in [1.807, 2.05) is 24.3 Å². The molecule has 0 aromatic heterocycles. The van der Waals surface area contributed by atoms with Crippen LogP contribution in [0.4, 0.5) is 0 Å². The van der Waals surface area contributed by atoms with Crippen molar-refractivity contribution in [3.05, 3.63) is 34.9 Å². The van der Waals surface area contributed by atoms with Gasteiger partial charge in [-0.25, -0.2) is 0 Å². The zero-order valence-corrected chi connectivity index (χ0v) is 11.5. The second-order valence-corrected chi connectivity index (χ2v) is 5.16. The quantitative estimate of drug-likeness (QED) is 0.817. The number of nitrogens with one attached hydrogen (secondary N) is 1. The van der Waals surface area contributed by atoms with E-state index in [-0.39, 0.29) is 6.04 Å². The van der Waals surface area contributed by atoms with Crippen molar-refractivity contribution in [2.24, 2.45) is 5.92 Å². The van der Waals surface area contributed by atoms with Crippen molar-refractivity contribution in [2.45, 2.75) is 39.3 Å². The molecule has 2 atom stereocenters. The Hall–Kier alpha value is -0.570. The van der Waals surface area contributed by atoms with Gasteiger partial charge in [0, 0.05) is 11.1 Å². The number of rotatable bonds is 6. The van der Waals surface area contributed by atoms with Crippen molar-refractivity contribution in [2.75, 3.05) is 6.54 Å². The maximum atomic E-state index is 10.4. The van der Waals surface area contributed by atoms with E-state index < -0.39 is 6.10 Å². The molecule has 0 radical (unpaired) electrons. The molecule has 0 bridgehead atoms. The predicted octanol–water partition coefficient (Wildman–Crippen LogP) is 3.40. The smallest absolute Gasteiger partial charge is 0.0945 e. The third kappa shape index (κ3) is 4.30. The molecule has 2 nitrogen and oxygen atoms in total. The van der Waals surface area contributed by atoms with Crippen LogP contribution in [0.15, 0.2) is 24.3 Å². The summed E-state index contributed by atoms with van der Waals surface area (Å²) in [5.74, 6) is 0.382. The molecule has 1 aromatic carbocycles. The van der Waals surface area contributed by atoms with Crippen LogP contribution in [0.25, 0.3) is 0 Å². The molecule has 0 amide bonds. The molecule has 0 aliphatic rings. The lowest BCUT2D eigenvalue weighted by atomic mass is 9.93. The van der Waals surface area contributed by atoms with Crippen molar-refractivity contribution in [3.8, 4) is 0 Å². The van der Waals surface area contributed by atoms with E-state index in [4.69, 9.17) is 11.6 Å². The first-order chi connectivity index (χ1) is 8.06. The molecule has 1 aromatic rings. The van der Waals surface area contributed by atoms with E-state index >= 15 is 0 Å². The standard InChI is InChI=1S/C14H22ClNO/c1-4-9-16-13(10(2)3)14(17)11-5-7-12(15)8-6-11/h5-8,10,13-14,16-17H,4,9H2,1-3H3. The second-order valence-electron chi connectivity index (χ2n) is 4.72. The highest BCUT2D eigenvalue weighted by Crippen LogP contribution is 2.23. The van der Waals surface area contributed by atoms with Gasteiger partial charge in [0.15, 0.2) is 0 Å². The van der Waals surface area contributed by atoms with Gasteiger partial charge in [-0.05, 0) is 36.6 Å². The van der Waals surface area contributed by atoms with Crippen LogP contribution < -0.4 is 5.32 Å². The average Bonchev–Trinajstić information content (AvgIpc) is 2.29. The van der Waals surface area contributed by atoms with Gasteiger partial charge in [-0.1, -0.05) is 44.5 Å². The van der Waals surface area contributed by atoms with Gasteiger partial charge < -0.3 is 10.4 Å². The monoisotopic (exact) mass is 255 g/mol. The van der Waals surface area contributed by atoms with E-state index in [1.165, 1.54) is 0 Å². The van der Waals surface area contributed by atoms with Gasteiger partial charge in [-0.15, -0.1) is 0 Å². The van der Waals surface area contributed by atoms with Crippen LogP contribution in [0.1, 0.15) is 38.9 Å². The van der Waals surface area contributed by atoms with E-state index in [9.17, 15) is 5.11 Å². The molecular weight excluding hydrogens is 234 g/mol. The number of halogens is 1. The molecule has 0 aliphatic carbocycles. The van der Waals surface area contributed by atoms with Gasteiger partial charge in [0.25, 0.3) is 0 Å². The highest BCUT2D eigenvalue weighted by Gasteiger charge is 2.23. The Bertz CT molecular complexity index is 323. The summed E-state index contributed by atoms with van der Waals surface area (Å²) >= 11 is 5.84. The van der Waals surface area contributed by atoms with Crippen LogP contribution in [0.2, 0.25) is 5.02 Å². The van der Waals surface area contributed by atoms with Crippen LogP contribution in [0.3, 0.4) is 0 Å². The van der Waals surface area contributed by atoms with Gasteiger partial charge >= 0.3 is 0 Å². The average molecular weight is 256 g/mol. The Labute approximate surface area is 109 Å². The molecule has 2 unspecified atom stereocenters. The van der Waals surface area contributed by atoms with Gasteiger partial charge in [0.1, 0.15) is 0 Å². The Morgan fingerprint density at radius 1 is 1.24 bits per heavy atom. The summed E-state index contributed by atoms with van der Waals surface area (Å²) in [7, 11) is 0. The van der Waals surface area contributed by atoms with Gasteiger partial charge in [0.2, 0.25) is 0 Å². The topological polar surface area (TPSA) is 32.3 Å². The summed E-state index contributed by atoms with van der Waals surface area (Å²) in [5, 5.41) is 14.5. The van der Waals surface area contributed by atoms with Crippen LogP contribution >= 0.6 is 11.6 Å². The van der Waals surface area contributed by atoms with Crippen LogP contribution in [-0.4, -0.2) is 17.7 Å². The van der Waals surface area contributed by atoms with E-state index in [0.717, 1.165) is 18.5 Å². The van der Waals surface area contributed by atoms with Crippen LogP contribution in [0.5, 0.6) is 0 Å². The molecule has 0 heterocycles. The summed E-state index contributed by atoms with van der Waals surface area (Å²) < 4.78 is 0. The SMILES string of the molecule is CCCNC(C(C)C)C(O)c1ccc(Cl)cc1. The van der Waals surface area contributed by atoms with Crippen LogP contribution in [-0.2, 0) is 0 Å². The van der Waals surface area contributed by atoms with Gasteiger partial charge in [-0.3, -0.25) is 0 Å². The number of hydrogen-bond donors (Lipinski definition) is 2. The summed E-state index contributed by atoms with van der Waals surface area (Å²) in [6.45, 7) is 7.28. The normalized spacial score (nSPS) is 14.9. The lowest BCUT2D eigenvalue weighted by molar-refractivity contribution is 0.105. The fourth-order valence-electron chi connectivity index (χ4n) is 1.89. The molecule has 1 rings (SSSR count). The predicted molar refractivity (Wildman–Crippen MR) is 73.3 cm³/mol.